The van der Waals surface area contributed by atoms with Crippen molar-refractivity contribution in [2.75, 3.05) is 41.7 Å². The molecule has 4 aromatic heterocycles. The van der Waals surface area contributed by atoms with E-state index in [-0.39, 0.29) is 35.0 Å². The van der Waals surface area contributed by atoms with E-state index in [4.69, 9.17) is 16.1 Å². The fourth-order valence-corrected chi connectivity index (χ4v) is 8.58. The van der Waals surface area contributed by atoms with E-state index < -0.39 is 18.0 Å². The summed E-state index contributed by atoms with van der Waals surface area (Å²) in [6, 6.07) is 8.03. The van der Waals surface area contributed by atoms with E-state index in [1.54, 1.807) is 27.9 Å². The average Bonchev–Trinajstić information content (AvgIpc) is 3.97. The maximum Gasteiger partial charge on any atom is 0.323 e. The second kappa shape index (κ2) is 16.7. The van der Waals surface area contributed by atoms with E-state index in [9.17, 15) is 24.0 Å². The molecule has 5 aromatic rings. The molecule has 1 saturated carbocycles. The zero-order chi connectivity index (χ0) is 41.3. The number of hydrogen-bond donors (Lipinski definition) is 3. The number of amides is 6. The molecule has 3 fully saturated rings. The number of aryl methyl sites for hydroxylation is 1. The SMILES string of the molecule is O=C1CCC(N2Cc3cc(N4CCN(C(=O)CCCCCc5nc(-c6ncc(NC(=O)Nc7cnc8ccnn8c7C7CCC7)cc6Cl)no5)CC4)ccc3C2=O)C(=O)N1. The number of carbonyl (C=O) groups is 5. The molecule has 19 heteroatoms. The van der Waals surface area contributed by atoms with Crippen LogP contribution in [0.3, 0.4) is 0 Å². The normalized spacial score (nSPS) is 18.1. The van der Waals surface area contributed by atoms with Crippen molar-refractivity contribution in [3.8, 4) is 11.5 Å². The Kier molecular flexibility index (Phi) is 10.9. The molecule has 1 aliphatic carbocycles. The number of pyridine rings is 1. The Morgan fingerprint density at radius 1 is 0.950 bits per heavy atom. The maximum absolute atomic E-state index is 13.1. The maximum atomic E-state index is 13.1. The van der Waals surface area contributed by atoms with E-state index in [0.717, 1.165) is 61.1 Å². The molecule has 4 aliphatic rings. The zero-order valence-electron chi connectivity index (χ0n) is 32.7. The van der Waals surface area contributed by atoms with E-state index in [2.05, 4.69) is 46.1 Å². The van der Waals surface area contributed by atoms with Gasteiger partial charge in [-0.1, -0.05) is 29.6 Å². The van der Waals surface area contributed by atoms with Crippen molar-refractivity contribution in [1.29, 1.82) is 0 Å². The minimum atomic E-state index is -0.647. The summed E-state index contributed by atoms with van der Waals surface area (Å²) in [5, 5.41) is 16.7. The van der Waals surface area contributed by atoms with Crippen LogP contribution in [0.25, 0.3) is 17.2 Å². The third-order valence-electron chi connectivity index (χ3n) is 11.8. The van der Waals surface area contributed by atoms with Gasteiger partial charge < -0.3 is 29.9 Å². The number of anilines is 3. The zero-order valence-corrected chi connectivity index (χ0v) is 33.5. The number of imide groups is 1. The summed E-state index contributed by atoms with van der Waals surface area (Å²) in [4.78, 5) is 82.1. The van der Waals surface area contributed by atoms with Crippen molar-refractivity contribution in [3.63, 3.8) is 0 Å². The first-order valence-electron chi connectivity index (χ1n) is 20.4. The highest BCUT2D eigenvalue weighted by Crippen LogP contribution is 2.40. The topological polar surface area (TPSA) is 213 Å². The van der Waals surface area contributed by atoms with Gasteiger partial charge in [-0.25, -0.2) is 19.3 Å². The van der Waals surface area contributed by atoms with Crippen LogP contribution in [-0.2, 0) is 27.3 Å². The molecule has 60 heavy (non-hydrogen) atoms. The predicted octanol–water partition coefficient (Wildman–Crippen LogP) is 4.95. The Balaban J connectivity index is 0.699. The summed E-state index contributed by atoms with van der Waals surface area (Å²) in [6.45, 7) is 2.88. The quantitative estimate of drug-likeness (QED) is 0.113. The number of halogens is 1. The second-order valence-electron chi connectivity index (χ2n) is 15.6. The smallest absolute Gasteiger partial charge is 0.323 e. The van der Waals surface area contributed by atoms with Crippen LogP contribution >= 0.6 is 11.6 Å². The Morgan fingerprint density at radius 2 is 1.80 bits per heavy atom. The van der Waals surface area contributed by atoms with Crippen LogP contribution in [0.4, 0.5) is 21.9 Å². The number of fused-ring (bicyclic) bond motifs is 2. The molecule has 0 radical (unpaired) electrons. The number of hydrogen-bond acceptors (Lipinski definition) is 12. The third kappa shape index (κ3) is 7.98. The lowest BCUT2D eigenvalue weighted by atomic mass is 9.82. The Labute approximate surface area is 349 Å². The fourth-order valence-electron chi connectivity index (χ4n) is 8.33. The fraction of sp³-hybridized carbons (Fsp3) is 0.415. The largest absolute Gasteiger partial charge is 0.368 e. The third-order valence-corrected chi connectivity index (χ3v) is 12.0. The first-order chi connectivity index (χ1) is 29.2. The summed E-state index contributed by atoms with van der Waals surface area (Å²) in [6.07, 6.45) is 11.8. The lowest BCUT2D eigenvalue weighted by molar-refractivity contribution is -0.137. The molecule has 3 N–H and O–H groups in total. The number of nitrogens with one attached hydrogen (secondary N) is 3. The lowest BCUT2D eigenvalue weighted by Crippen LogP contribution is -2.52. The Bertz CT molecular complexity index is 2490. The van der Waals surface area contributed by atoms with E-state index in [1.807, 2.05) is 29.2 Å². The Hall–Kier alpha value is -6.43. The molecule has 7 heterocycles. The molecule has 310 valence electrons. The number of benzene rings is 1. The van der Waals surface area contributed by atoms with Crippen LogP contribution < -0.4 is 20.9 Å². The van der Waals surface area contributed by atoms with E-state index in [1.165, 1.54) is 6.20 Å². The summed E-state index contributed by atoms with van der Waals surface area (Å²) >= 11 is 6.56. The molecule has 1 unspecified atom stereocenters. The molecular weight excluding hydrogens is 792 g/mol. The molecular formula is C41H43ClN12O6. The number of unbranched alkanes of at least 4 members (excludes halogenated alkanes) is 2. The van der Waals surface area contributed by atoms with Crippen LogP contribution in [0.1, 0.15) is 91.2 Å². The first-order valence-corrected chi connectivity index (χ1v) is 20.8. The van der Waals surface area contributed by atoms with E-state index in [0.29, 0.717) is 86.4 Å². The summed E-state index contributed by atoms with van der Waals surface area (Å²) in [7, 11) is 0. The number of piperidine rings is 1. The minimum absolute atomic E-state index is 0.122. The van der Waals surface area contributed by atoms with Crippen LogP contribution in [0.15, 0.2) is 53.4 Å². The van der Waals surface area contributed by atoms with Crippen LogP contribution in [-0.4, -0.2) is 101 Å². The predicted molar refractivity (Wildman–Crippen MR) is 218 cm³/mol. The summed E-state index contributed by atoms with van der Waals surface area (Å²) in [5.74, 6) is 0.181. The van der Waals surface area contributed by atoms with Gasteiger partial charge >= 0.3 is 6.03 Å². The molecule has 3 aliphatic heterocycles. The molecule has 6 amide bonds. The summed E-state index contributed by atoms with van der Waals surface area (Å²) in [5.41, 5.74) is 5.40. The number of urea groups is 1. The van der Waals surface area contributed by atoms with Crippen LogP contribution in [0.2, 0.25) is 5.02 Å². The van der Waals surface area contributed by atoms with Gasteiger partial charge in [-0.05, 0) is 61.9 Å². The van der Waals surface area contributed by atoms with Crippen LogP contribution in [0, 0.1) is 0 Å². The molecule has 0 bridgehead atoms. The van der Waals surface area contributed by atoms with Crippen LogP contribution in [0.5, 0.6) is 0 Å². The molecule has 1 atom stereocenters. The molecule has 1 aromatic carbocycles. The van der Waals surface area contributed by atoms with Gasteiger partial charge in [-0.15, -0.1) is 0 Å². The van der Waals surface area contributed by atoms with Gasteiger partial charge in [0.1, 0.15) is 11.7 Å². The van der Waals surface area contributed by atoms with Gasteiger partial charge in [0, 0.05) is 75.2 Å². The molecule has 18 nitrogen and oxygen atoms in total. The highest BCUT2D eigenvalue weighted by molar-refractivity contribution is 6.33. The van der Waals surface area contributed by atoms with Crippen molar-refractivity contribution in [2.45, 2.75) is 82.7 Å². The number of aromatic nitrogens is 6. The van der Waals surface area contributed by atoms with Gasteiger partial charge in [0.25, 0.3) is 5.91 Å². The van der Waals surface area contributed by atoms with Gasteiger partial charge in [-0.2, -0.15) is 10.1 Å². The van der Waals surface area contributed by atoms with Crippen molar-refractivity contribution >= 4 is 64.0 Å². The highest BCUT2D eigenvalue weighted by Gasteiger charge is 2.39. The number of carbonyl (C=O) groups excluding carboxylic acids is 5. The second-order valence-corrected chi connectivity index (χ2v) is 16.0. The van der Waals surface area contributed by atoms with Crippen molar-refractivity contribution in [1.82, 2.24) is 44.8 Å². The van der Waals surface area contributed by atoms with Crippen molar-refractivity contribution < 1.29 is 28.5 Å². The number of nitrogens with zero attached hydrogens (tertiary/aromatic N) is 9. The highest BCUT2D eigenvalue weighted by atomic mass is 35.5. The number of rotatable bonds is 12. The summed E-state index contributed by atoms with van der Waals surface area (Å²) < 4.78 is 7.25. The van der Waals surface area contributed by atoms with Gasteiger partial charge in [0.05, 0.1) is 40.7 Å². The standard InChI is InChI=1S/C41H43ClN12O6/c42-29-20-26(46-41(59)47-30-22-43-32-13-14-45-54(32)37(30)24-5-4-6-24)21-44-36(29)38-49-34(60-50-38)7-2-1-3-8-35(56)52-17-15-51(16-18-52)27-9-10-28-25(19-27)23-53(40(28)58)31-11-12-33(55)48-39(31)57/h9-10,13-14,19-22,24,31H,1-8,11-12,15-18,23H2,(H2,46,47,59)(H,48,55,57). The van der Waals surface area contributed by atoms with Crippen molar-refractivity contribution in [3.05, 3.63) is 76.7 Å². The van der Waals surface area contributed by atoms with Crippen molar-refractivity contribution in [2.24, 2.45) is 0 Å². The van der Waals surface area contributed by atoms with Gasteiger partial charge in [0.2, 0.25) is 29.4 Å². The van der Waals surface area contributed by atoms with Gasteiger partial charge in [-0.3, -0.25) is 24.5 Å². The molecule has 2 saturated heterocycles. The molecule has 0 spiro atoms. The minimum Gasteiger partial charge on any atom is -0.368 e. The first kappa shape index (κ1) is 39.1. The molecule has 9 rings (SSSR count). The Morgan fingerprint density at radius 3 is 2.58 bits per heavy atom. The lowest BCUT2D eigenvalue weighted by Gasteiger charge is -2.36. The number of piperazine rings is 1. The van der Waals surface area contributed by atoms with E-state index >= 15 is 0 Å². The average molecular weight is 835 g/mol. The monoisotopic (exact) mass is 834 g/mol. The van der Waals surface area contributed by atoms with Gasteiger partial charge in [0.15, 0.2) is 5.65 Å².